The summed E-state index contributed by atoms with van der Waals surface area (Å²) in [4.78, 5) is 15.6. The highest BCUT2D eigenvalue weighted by Gasteiger charge is 2.17. The van der Waals surface area contributed by atoms with Crippen LogP contribution < -0.4 is 10.8 Å². The second-order valence-electron chi connectivity index (χ2n) is 3.87. The number of hydrogen-bond donors (Lipinski definition) is 3. The summed E-state index contributed by atoms with van der Waals surface area (Å²) >= 11 is 0. The van der Waals surface area contributed by atoms with E-state index in [0.29, 0.717) is 11.2 Å². The van der Waals surface area contributed by atoms with Crippen LogP contribution in [0, 0.1) is 6.92 Å². The van der Waals surface area contributed by atoms with Crippen LogP contribution in [0.1, 0.15) is 30.0 Å². The van der Waals surface area contributed by atoms with Crippen molar-refractivity contribution >= 4 is 18.5 Å². The Bertz CT molecular complexity index is 394. The molecule has 16 heavy (non-hydrogen) atoms. The van der Waals surface area contributed by atoms with Crippen LogP contribution >= 0.6 is 0 Å². The lowest BCUT2D eigenvalue weighted by Crippen LogP contribution is -2.35. The zero-order chi connectivity index (χ0) is 12.3. The molecule has 1 amide bonds. The first kappa shape index (κ1) is 12.7. The Morgan fingerprint density at radius 3 is 2.50 bits per heavy atom. The summed E-state index contributed by atoms with van der Waals surface area (Å²) in [5.41, 5.74) is 1.02. The van der Waals surface area contributed by atoms with Crippen molar-refractivity contribution < 1.29 is 14.8 Å². The zero-order valence-corrected chi connectivity index (χ0v) is 9.56. The topological polar surface area (TPSA) is 82.5 Å². The lowest BCUT2D eigenvalue weighted by molar-refractivity contribution is 0.0938. The van der Waals surface area contributed by atoms with E-state index in [1.165, 1.54) is 12.1 Å². The van der Waals surface area contributed by atoms with Crippen molar-refractivity contribution in [2.24, 2.45) is 0 Å². The van der Waals surface area contributed by atoms with Gasteiger partial charge in [-0.15, -0.1) is 0 Å². The van der Waals surface area contributed by atoms with Gasteiger partial charge in [-0.05, 0) is 26.8 Å². The molecule has 0 spiro atoms. The minimum Gasteiger partial charge on any atom is -0.423 e. The van der Waals surface area contributed by atoms with E-state index in [2.05, 4.69) is 10.3 Å². The number of hydrogen-bond acceptors (Lipinski definition) is 4. The third-order valence-electron chi connectivity index (χ3n) is 2.06. The highest BCUT2D eigenvalue weighted by Crippen LogP contribution is 1.98. The molecule has 0 atom stereocenters. The summed E-state index contributed by atoms with van der Waals surface area (Å²) in [5, 5.41) is 20.7. The fraction of sp³-hybridized carbons (Fsp3) is 0.400. The van der Waals surface area contributed by atoms with E-state index in [-0.39, 0.29) is 17.6 Å². The Hall–Kier alpha value is -1.40. The maximum absolute atomic E-state index is 11.6. The van der Waals surface area contributed by atoms with Crippen molar-refractivity contribution in [3.05, 3.63) is 23.5 Å². The van der Waals surface area contributed by atoms with Crippen LogP contribution in [0.15, 0.2) is 12.1 Å². The molecule has 5 nitrogen and oxygen atoms in total. The first-order valence-corrected chi connectivity index (χ1v) is 5.06. The van der Waals surface area contributed by atoms with Crippen molar-refractivity contribution in [3.63, 3.8) is 0 Å². The van der Waals surface area contributed by atoms with Crippen LogP contribution in [0.3, 0.4) is 0 Å². The summed E-state index contributed by atoms with van der Waals surface area (Å²) in [6, 6.07) is 3.00. The number of nitrogens with zero attached hydrogens (tertiary/aromatic N) is 1. The second kappa shape index (κ2) is 5.09. The van der Waals surface area contributed by atoms with Crippen LogP contribution in [-0.2, 0) is 0 Å². The highest BCUT2D eigenvalue weighted by molar-refractivity contribution is 6.59. The Morgan fingerprint density at radius 1 is 1.44 bits per heavy atom. The van der Waals surface area contributed by atoms with Gasteiger partial charge in [-0.1, -0.05) is 6.07 Å². The molecule has 0 bridgehead atoms. The number of aryl methyl sites for hydroxylation is 1. The van der Waals surface area contributed by atoms with Crippen molar-refractivity contribution in [2.75, 3.05) is 0 Å². The third kappa shape index (κ3) is 3.05. The Morgan fingerprint density at radius 2 is 2.06 bits per heavy atom. The molecule has 1 rings (SSSR count). The van der Waals surface area contributed by atoms with Gasteiger partial charge in [0.1, 0.15) is 5.69 Å². The van der Waals surface area contributed by atoms with E-state index < -0.39 is 7.12 Å². The largest absolute Gasteiger partial charge is 0.490 e. The lowest BCUT2D eigenvalue weighted by Gasteiger charge is -2.09. The molecule has 0 unspecified atom stereocenters. The molecule has 0 aliphatic carbocycles. The average Bonchev–Trinajstić information content (AvgIpc) is 2.15. The summed E-state index contributed by atoms with van der Waals surface area (Å²) in [5.74, 6) is -0.267. The van der Waals surface area contributed by atoms with Crippen molar-refractivity contribution in [1.29, 1.82) is 0 Å². The molecule has 0 saturated carbocycles. The van der Waals surface area contributed by atoms with Crippen LogP contribution in [0.5, 0.6) is 0 Å². The minimum absolute atomic E-state index is 0.0396. The van der Waals surface area contributed by atoms with E-state index >= 15 is 0 Å². The molecular weight excluding hydrogens is 207 g/mol. The Balaban J connectivity index is 2.93. The van der Waals surface area contributed by atoms with E-state index in [1.54, 1.807) is 6.92 Å². The average molecular weight is 222 g/mol. The third-order valence-corrected chi connectivity index (χ3v) is 2.06. The van der Waals surface area contributed by atoms with E-state index in [1.807, 2.05) is 13.8 Å². The number of aromatic nitrogens is 1. The Kier molecular flexibility index (Phi) is 4.03. The number of nitrogens with one attached hydrogen (secondary N) is 1. The first-order valence-electron chi connectivity index (χ1n) is 5.06. The lowest BCUT2D eigenvalue weighted by atomic mass is 9.79. The molecule has 3 N–H and O–H groups in total. The highest BCUT2D eigenvalue weighted by atomic mass is 16.4. The molecule has 0 aliphatic rings. The monoisotopic (exact) mass is 222 g/mol. The molecule has 1 aromatic rings. The van der Waals surface area contributed by atoms with Gasteiger partial charge in [-0.2, -0.15) is 0 Å². The molecule has 0 aromatic carbocycles. The maximum Gasteiger partial charge on any atom is 0.490 e. The summed E-state index contributed by atoms with van der Waals surface area (Å²) < 4.78 is 0. The van der Waals surface area contributed by atoms with Gasteiger partial charge in [0.15, 0.2) is 0 Å². The molecule has 0 fully saturated rings. The summed E-state index contributed by atoms with van der Waals surface area (Å²) in [6.45, 7) is 5.34. The number of rotatable bonds is 3. The fourth-order valence-corrected chi connectivity index (χ4v) is 1.31. The smallest absolute Gasteiger partial charge is 0.423 e. The van der Waals surface area contributed by atoms with Crippen molar-refractivity contribution in [3.8, 4) is 0 Å². The fourth-order valence-electron chi connectivity index (χ4n) is 1.31. The van der Waals surface area contributed by atoms with E-state index in [4.69, 9.17) is 10.0 Å². The standard InChI is InChI=1S/C10H15BN2O3/c1-6(2)12-10(14)9-5-4-8(11(15)16)7(3)13-9/h4-6,15-16H,1-3H3,(H,12,14). The van der Waals surface area contributed by atoms with Gasteiger partial charge in [0.2, 0.25) is 0 Å². The van der Waals surface area contributed by atoms with Crippen molar-refractivity contribution in [2.45, 2.75) is 26.8 Å². The quantitative estimate of drug-likeness (QED) is 0.585. The number of amides is 1. The van der Waals surface area contributed by atoms with Crippen LogP contribution in [0.4, 0.5) is 0 Å². The van der Waals surface area contributed by atoms with Gasteiger partial charge in [-0.25, -0.2) is 4.98 Å². The summed E-state index contributed by atoms with van der Waals surface area (Å²) in [7, 11) is -1.56. The SMILES string of the molecule is Cc1nc(C(=O)NC(C)C)ccc1B(O)O. The van der Waals surface area contributed by atoms with Gasteiger partial charge < -0.3 is 15.4 Å². The van der Waals surface area contributed by atoms with E-state index in [0.717, 1.165) is 0 Å². The molecule has 86 valence electrons. The molecular formula is C10H15BN2O3. The molecule has 6 heteroatoms. The van der Waals surface area contributed by atoms with Crippen LogP contribution in [0.2, 0.25) is 0 Å². The molecule has 1 aromatic heterocycles. The molecule has 1 heterocycles. The maximum atomic E-state index is 11.6. The van der Waals surface area contributed by atoms with E-state index in [9.17, 15) is 4.79 Å². The van der Waals surface area contributed by atoms with Crippen LogP contribution in [0.25, 0.3) is 0 Å². The van der Waals surface area contributed by atoms with Gasteiger partial charge in [0, 0.05) is 17.2 Å². The number of pyridine rings is 1. The zero-order valence-electron chi connectivity index (χ0n) is 9.56. The van der Waals surface area contributed by atoms with Gasteiger partial charge in [-0.3, -0.25) is 4.79 Å². The number of carbonyl (C=O) groups excluding carboxylic acids is 1. The number of carbonyl (C=O) groups is 1. The molecule has 0 radical (unpaired) electrons. The molecule has 0 saturated heterocycles. The normalized spacial score (nSPS) is 10.4. The molecule has 0 aliphatic heterocycles. The minimum atomic E-state index is -1.56. The second-order valence-corrected chi connectivity index (χ2v) is 3.87. The summed E-state index contributed by atoms with van der Waals surface area (Å²) in [6.07, 6.45) is 0. The van der Waals surface area contributed by atoms with Gasteiger partial charge in [0.05, 0.1) is 0 Å². The van der Waals surface area contributed by atoms with Crippen molar-refractivity contribution in [1.82, 2.24) is 10.3 Å². The van der Waals surface area contributed by atoms with Gasteiger partial charge >= 0.3 is 7.12 Å². The predicted molar refractivity (Wildman–Crippen MR) is 61.4 cm³/mol. The van der Waals surface area contributed by atoms with Crippen LogP contribution in [-0.4, -0.2) is 34.1 Å². The predicted octanol–water partition coefficient (Wildman–Crippen LogP) is -0.792. The van der Waals surface area contributed by atoms with Gasteiger partial charge in [0.25, 0.3) is 5.91 Å². The Labute approximate surface area is 94.7 Å². The first-order chi connectivity index (χ1) is 7.41.